The van der Waals surface area contributed by atoms with Crippen LogP contribution < -0.4 is 10.3 Å². The first-order valence-electron chi connectivity index (χ1n) is 5.58. The molecule has 0 spiro atoms. The van der Waals surface area contributed by atoms with E-state index < -0.39 is 8.24 Å². The lowest BCUT2D eigenvalue weighted by Crippen LogP contribution is -2.46. The average molecular weight is 295 g/mol. The zero-order valence-corrected chi connectivity index (χ0v) is 13.7. The standard InChI is InChI=1S/C12H22N2Si.2ClH/c1-5-10-14(15(2,3)4)12-8-6-11(13)7-9-12;;/h6-9H,5,10,13H2,1-4H3;2*1H. The minimum atomic E-state index is -1.27. The highest BCUT2D eigenvalue weighted by atomic mass is 35.5. The van der Waals surface area contributed by atoms with E-state index in [1.54, 1.807) is 0 Å². The van der Waals surface area contributed by atoms with Gasteiger partial charge in [-0.05, 0) is 30.7 Å². The number of hydrogen-bond acceptors (Lipinski definition) is 2. The first-order valence-corrected chi connectivity index (χ1v) is 9.03. The lowest BCUT2D eigenvalue weighted by Gasteiger charge is -2.36. The largest absolute Gasteiger partial charge is 0.399 e. The van der Waals surface area contributed by atoms with Crippen molar-refractivity contribution in [3.05, 3.63) is 24.3 Å². The lowest BCUT2D eigenvalue weighted by atomic mass is 10.3. The van der Waals surface area contributed by atoms with Crippen LogP contribution in [-0.2, 0) is 0 Å². The first-order chi connectivity index (χ1) is 6.95. The molecule has 17 heavy (non-hydrogen) atoms. The molecule has 1 aromatic rings. The second-order valence-corrected chi connectivity index (χ2v) is 9.80. The zero-order chi connectivity index (χ0) is 11.5. The fourth-order valence-corrected chi connectivity index (χ4v) is 3.55. The molecule has 0 amide bonds. The average Bonchev–Trinajstić information content (AvgIpc) is 2.14. The number of nitrogens with two attached hydrogens (primary N) is 1. The smallest absolute Gasteiger partial charge is 0.147 e. The Morgan fingerprint density at radius 1 is 1.06 bits per heavy atom. The Kier molecular flexibility index (Phi) is 8.76. The molecular formula is C12H24Cl2N2Si. The van der Waals surface area contributed by atoms with Crippen molar-refractivity contribution in [1.82, 2.24) is 0 Å². The summed E-state index contributed by atoms with van der Waals surface area (Å²) in [6.45, 7) is 10.5. The molecule has 0 bridgehead atoms. The Labute approximate surface area is 118 Å². The van der Waals surface area contributed by atoms with Crippen LogP contribution in [0.15, 0.2) is 24.3 Å². The molecule has 0 aliphatic carbocycles. The van der Waals surface area contributed by atoms with Gasteiger partial charge in [0.05, 0.1) is 0 Å². The van der Waals surface area contributed by atoms with Crippen LogP contribution in [0.25, 0.3) is 0 Å². The highest BCUT2D eigenvalue weighted by Crippen LogP contribution is 2.22. The van der Waals surface area contributed by atoms with Gasteiger partial charge in [-0.25, -0.2) is 0 Å². The van der Waals surface area contributed by atoms with Gasteiger partial charge in [0.25, 0.3) is 0 Å². The third-order valence-corrected chi connectivity index (χ3v) is 4.56. The Hall–Kier alpha value is -0.383. The van der Waals surface area contributed by atoms with Crippen molar-refractivity contribution in [3.8, 4) is 0 Å². The number of halogens is 2. The van der Waals surface area contributed by atoms with Crippen molar-refractivity contribution >= 4 is 44.4 Å². The SMILES string of the molecule is CCCN(c1ccc(N)cc1)[Si](C)(C)C.Cl.Cl. The van der Waals surface area contributed by atoms with Gasteiger partial charge in [0.15, 0.2) is 0 Å². The molecule has 0 saturated heterocycles. The number of benzene rings is 1. The highest BCUT2D eigenvalue weighted by Gasteiger charge is 2.23. The molecule has 0 saturated carbocycles. The minimum Gasteiger partial charge on any atom is -0.399 e. The minimum absolute atomic E-state index is 0. The van der Waals surface area contributed by atoms with Crippen molar-refractivity contribution in [1.29, 1.82) is 0 Å². The quantitative estimate of drug-likeness (QED) is 0.667. The Balaban J connectivity index is 0. The van der Waals surface area contributed by atoms with Crippen LogP contribution in [-0.4, -0.2) is 14.8 Å². The second kappa shape index (κ2) is 7.85. The molecular weight excluding hydrogens is 271 g/mol. The van der Waals surface area contributed by atoms with Crippen LogP contribution in [0.1, 0.15) is 13.3 Å². The monoisotopic (exact) mass is 294 g/mol. The molecule has 0 aromatic heterocycles. The predicted molar refractivity (Wildman–Crippen MR) is 86.3 cm³/mol. The van der Waals surface area contributed by atoms with Gasteiger partial charge >= 0.3 is 0 Å². The zero-order valence-electron chi connectivity index (χ0n) is 11.1. The van der Waals surface area contributed by atoms with Crippen molar-refractivity contribution in [2.75, 3.05) is 16.8 Å². The molecule has 0 unspecified atom stereocenters. The van der Waals surface area contributed by atoms with Gasteiger partial charge in [-0.1, -0.05) is 26.6 Å². The van der Waals surface area contributed by atoms with Crippen LogP contribution in [0, 0.1) is 0 Å². The Bertz CT molecular complexity index is 309. The molecule has 0 heterocycles. The summed E-state index contributed by atoms with van der Waals surface area (Å²) in [7, 11) is -1.27. The maximum Gasteiger partial charge on any atom is 0.147 e. The van der Waals surface area contributed by atoms with Crippen LogP contribution in [0.4, 0.5) is 11.4 Å². The summed E-state index contributed by atoms with van der Waals surface area (Å²) >= 11 is 0. The fourth-order valence-electron chi connectivity index (χ4n) is 1.73. The van der Waals surface area contributed by atoms with Gasteiger partial charge in [-0.15, -0.1) is 24.8 Å². The van der Waals surface area contributed by atoms with Gasteiger partial charge in [0.2, 0.25) is 0 Å². The molecule has 2 nitrogen and oxygen atoms in total. The van der Waals surface area contributed by atoms with Crippen LogP contribution in [0.2, 0.25) is 19.6 Å². The fraction of sp³-hybridized carbons (Fsp3) is 0.500. The van der Waals surface area contributed by atoms with E-state index in [1.165, 1.54) is 12.1 Å². The van der Waals surface area contributed by atoms with E-state index in [9.17, 15) is 0 Å². The molecule has 5 heteroatoms. The van der Waals surface area contributed by atoms with E-state index in [2.05, 4.69) is 43.3 Å². The third-order valence-electron chi connectivity index (χ3n) is 2.46. The van der Waals surface area contributed by atoms with E-state index in [1.807, 2.05) is 12.1 Å². The molecule has 1 rings (SSSR count). The summed E-state index contributed by atoms with van der Waals surface area (Å²) in [4.78, 5) is 0. The molecule has 0 atom stereocenters. The number of hydrogen-bond donors (Lipinski definition) is 1. The molecule has 1 aromatic carbocycles. The summed E-state index contributed by atoms with van der Waals surface area (Å²) in [6.07, 6.45) is 1.19. The third kappa shape index (κ3) is 5.66. The summed E-state index contributed by atoms with van der Waals surface area (Å²) in [6, 6.07) is 8.22. The summed E-state index contributed by atoms with van der Waals surface area (Å²) in [5, 5.41) is 0. The number of rotatable bonds is 4. The van der Waals surface area contributed by atoms with Crippen molar-refractivity contribution in [2.24, 2.45) is 0 Å². The topological polar surface area (TPSA) is 29.3 Å². The maximum absolute atomic E-state index is 5.70. The van der Waals surface area contributed by atoms with Crippen LogP contribution in [0.3, 0.4) is 0 Å². The molecule has 0 aliphatic rings. The van der Waals surface area contributed by atoms with Gasteiger partial charge in [-0.3, -0.25) is 0 Å². The molecule has 0 fully saturated rings. The first kappa shape index (κ1) is 19.0. The summed E-state index contributed by atoms with van der Waals surface area (Å²) in [5.41, 5.74) is 7.85. The summed E-state index contributed by atoms with van der Waals surface area (Å²) in [5.74, 6) is 0. The van der Waals surface area contributed by atoms with E-state index >= 15 is 0 Å². The summed E-state index contributed by atoms with van der Waals surface area (Å²) < 4.78 is 2.55. The van der Waals surface area contributed by atoms with Crippen molar-refractivity contribution in [2.45, 2.75) is 33.0 Å². The van der Waals surface area contributed by atoms with E-state index in [0.717, 1.165) is 12.2 Å². The maximum atomic E-state index is 5.70. The predicted octanol–water partition coefficient (Wildman–Crippen LogP) is 4.16. The number of anilines is 2. The van der Waals surface area contributed by atoms with Gasteiger partial charge in [-0.2, -0.15) is 0 Å². The van der Waals surface area contributed by atoms with Crippen molar-refractivity contribution in [3.63, 3.8) is 0 Å². The Morgan fingerprint density at radius 2 is 1.53 bits per heavy atom. The van der Waals surface area contributed by atoms with E-state index in [4.69, 9.17) is 5.73 Å². The second-order valence-electron chi connectivity index (χ2n) is 4.91. The van der Waals surface area contributed by atoms with Gasteiger partial charge < -0.3 is 10.3 Å². The van der Waals surface area contributed by atoms with Crippen molar-refractivity contribution < 1.29 is 0 Å². The van der Waals surface area contributed by atoms with Crippen LogP contribution in [0.5, 0.6) is 0 Å². The van der Waals surface area contributed by atoms with Crippen LogP contribution >= 0.6 is 24.8 Å². The molecule has 0 radical (unpaired) electrons. The molecule has 2 N–H and O–H groups in total. The highest BCUT2D eigenvalue weighted by molar-refractivity contribution is 6.79. The number of nitrogens with zero attached hydrogens (tertiary/aromatic N) is 1. The molecule has 100 valence electrons. The van der Waals surface area contributed by atoms with Gasteiger partial charge in [0.1, 0.15) is 8.24 Å². The molecule has 0 aliphatic heterocycles. The van der Waals surface area contributed by atoms with Gasteiger partial charge in [0, 0.05) is 17.9 Å². The number of nitrogen functional groups attached to an aromatic ring is 1. The lowest BCUT2D eigenvalue weighted by molar-refractivity contribution is 0.902. The van der Waals surface area contributed by atoms with E-state index in [0.29, 0.717) is 0 Å². The van der Waals surface area contributed by atoms with E-state index in [-0.39, 0.29) is 24.8 Å². The Morgan fingerprint density at radius 3 is 1.88 bits per heavy atom. The normalized spacial score (nSPS) is 10.1.